The predicted molar refractivity (Wildman–Crippen MR) is 88.2 cm³/mol. The van der Waals surface area contributed by atoms with E-state index in [1.165, 1.54) is 18.2 Å². The Morgan fingerprint density at radius 2 is 1.85 bits per heavy atom. The van der Waals surface area contributed by atoms with E-state index in [9.17, 15) is 32.9 Å². The third kappa shape index (κ3) is 5.03. The first kappa shape index (κ1) is 19.9. The number of nitrogens with one attached hydrogen (secondary N) is 1. The number of esters is 1. The number of ether oxygens (including phenoxy) is 1. The fraction of sp³-hybridized carbons (Fsp3) is 0.176. The molecule has 0 heterocycles. The number of anilines is 1. The summed E-state index contributed by atoms with van der Waals surface area (Å²) in [5, 5.41) is 13.1. The van der Waals surface area contributed by atoms with Crippen LogP contribution in [0.25, 0.3) is 0 Å². The molecule has 142 valence electrons. The molecule has 1 N–H and O–H groups in total. The van der Waals surface area contributed by atoms with Crippen molar-refractivity contribution in [1.82, 2.24) is 0 Å². The standard InChI is InChI=1S/C17H13F3N2O5/c1-10-6-7-11(22(25)26)8-14(10)21-15(23)9-27-16(24)12-4-2-3-5-13(12)17(18,19)20/h2-8H,9H2,1H3,(H,21,23). The summed E-state index contributed by atoms with van der Waals surface area (Å²) in [6, 6.07) is 7.80. The van der Waals surface area contributed by atoms with Crippen molar-refractivity contribution in [3.05, 3.63) is 69.3 Å². The van der Waals surface area contributed by atoms with Crippen LogP contribution in [0.1, 0.15) is 21.5 Å². The number of carbonyl (C=O) groups excluding carboxylic acids is 2. The van der Waals surface area contributed by atoms with Crippen molar-refractivity contribution in [2.24, 2.45) is 0 Å². The van der Waals surface area contributed by atoms with Crippen LogP contribution in [0.2, 0.25) is 0 Å². The van der Waals surface area contributed by atoms with Gasteiger partial charge in [0.1, 0.15) is 0 Å². The van der Waals surface area contributed by atoms with E-state index in [1.807, 2.05) is 0 Å². The van der Waals surface area contributed by atoms with Crippen LogP contribution in [0.5, 0.6) is 0 Å². The molecule has 0 bridgehead atoms. The molecule has 0 aliphatic rings. The number of non-ortho nitro benzene ring substituents is 1. The van der Waals surface area contributed by atoms with Crippen LogP contribution in [-0.4, -0.2) is 23.4 Å². The second kappa shape index (κ2) is 7.85. The molecule has 10 heteroatoms. The van der Waals surface area contributed by atoms with E-state index in [0.29, 0.717) is 5.56 Å². The van der Waals surface area contributed by atoms with Crippen molar-refractivity contribution in [3.63, 3.8) is 0 Å². The van der Waals surface area contributed by atoms with Crippen LogP contribution in [0, 0.1) is 17.0 Å². The Labute approximate surface area is 150 Å². The smallest absolute Gasteiger partial charge is 0.417 e. The number of alkyl halides is 3. The van der Waals surface area contributed by atoms with Crippen LogP contribution < -0.4 is 5.32 Å². The van der Waals surface area contributed by atoms with Crippen LogP contribution in [0.4, 0.5) is 24.5 Å². The Hall–Kier alpha value is -3.43. The number of rotatable bonds is 5. The van der Waals surface area contributed by atoms with Crippen LogP contribution in [0.15, 0.2) is 42.5 Å². The van der Waals surface area contributed by atoms with E-state index in [2.05, 4.69) is 10.1 Å². The summed E-state index contributed by atoms with van der Waals surface area (Å²) < 4.78 is 43.3. The van der Waals surface area contributed by atoms with E-state index in [-0.39, 0.29) is 11.4 Å². The summed E-state index contributed by atoms with van der Waals surface area (Å²) in [6.45, 7) is 0.734. The second-order valence-electron chi connectivity index (χ2n) is 5.42. The van der Waals surface area contributed by atoms with Crippen LogP contribution >= 0.6 is 0 Å². The number of nitro groups is 1. The predicted octanol–water partition coefficient (Wildman–Crippen LogP) is 3.72. The average molecular weight is 382 g/mol. The minimum atomic E-state index is -4.75. The summed E-state index contributed by atoms with van der Waals surface area (Å²) in [6.07, 6.45) is -4.75. The molecule has 0 atom stereocenters. The fourth-order valence-corrected chi connectivity index (χ4v) is 2.16. The molecule has 0 unspecified atom stereocenters. The first-order chi connectivity index (χ1) is 12.6. The Bertz CT molecular complexity index is 896. The molecule has 0 aliphatic heterocycles. The fourth-order valence-electron chi connectivity index (χ4n) is 2.16. The highest BCUT2D eigenvalue weighted by molar-refractivity contribution is 5.96. The lowest BCUT2D eigenvalue weighted by atomic mass is 10.1. The van der Waals surface area contributed by atoms with Gasteiger partial charge in [-0.25, -0.2) is 4.79 Å². The number of amides is 1. The van der Waals surface area contributed by atoms with E-state index >= 15 is 0 Å². The van der Waals surface area contributed by atoms with E-state index in [1.54, 1.807) is 6.92 Å². The molecule has 0 saturated carbocycles. The largest absolute Gasteiger partial charge is 0.452 e. The first-order valence-electron chi connectivity index (χ1n) is 7.48. The lowest BCUT2D eigenvalue weighted by molar-refractivity contribution is -0.384. The van der Waals surface area contributed by atoms with Gasteiger partial charge in [-0.05, 0) is 24.6 Å². The lowest BCUT2D eigenvalue weighted by Gasteiger charge is -2.12. The number of aryl methyl sites for hydroxylation is 1. The molecule has 2 aromatic carbocycles. The molecular weight excluding hydrogens is 369 g/mol. The Morgan fingerprint density at radius 3 is 2.48 bits per heavy atom. The van der Waals surface area contributed by atoms with Gasteiger partial charge in [0.2, 0.25) is 0 Å². The molecule has 1 amide bonds. The summed E-state index contributed by atoms with van der Waals surface area (Å²) in [5.74, 6) is -2.16. The highest BCUT2D eigenvalue weighted by Crippen LogP contribution is 2.32. The van der Waals surface area contributed by atoms with Gasteiger partial charge in [-0.2, -0.15) is 13.2 Å². The average Bonchev–Trinajstić information content (AvgIpc) is 2.60. The van der Waals surface area contributed by atoms with Crippen molar-refractivity contribution < 1.29 is 32.4 Å². The van der Waals surface area contributed by atoms with Crippen molar-refractivity contribution >= 4 is 23.3 Å². The summed E-state index contributed by atoms with van der Waals surface area (Å²) in [4.78, 5) is 33.9. The highest BCUT2D eigenvalue weighted by Gasteiger charge is 2.35. The van der Waals surface area contributed by atoms with Gasteiger partial charge in [0.05, 0.1) is 21.7 Å². The summed E-state index contributed by atoms with van der Waals surface area (Å²) in [5.41, 5.74) is -1.51. The van der Waals surface area contributed by atoms with E-state index in [4.69, 9.17) is 0 Å². The Morgan fingerprint density at radius 1 is 1.19 bits per heavy atom. The molecule has 27 heavy (non-hydrogen) atoms. The SMILES string of the molecule is Cc1ccc([N+](=O)[O-])cc1NC(=O)COC(=O)c1ccccc1C(F)(F)F. The molecule has 0 spiro atoms. The number of nitrogens with zero attached hydrogens (tertiary/aromatic N) is 1. The molecular formula is C17H13F3N2O5. The molecule has 0 saturated heterocycles. The number of hydrogen-bond donors (Lipinski definition) is 1. The number of hydrogen-bond acceptors (Lipinski definition) is 5. The third-order valence-electron chi connectivity index (χ3n) is 3.49. The van der Waals surface area contributed by atoms with Gasteiger partial charge in [-0.3, -0.25) is 14.9 Å². The molecule has 0 aromatic heterocycles. The van der Waals surface area contributed by atoms with Crippen molar-refractivity contribution in [2.45, 2.75) is 13.1 Å². The van der Waals surface area contributed by atoms with Crippen LogP contribution in [-0.2, 0) is 15.7 Å². The molecule has 0 aliphatic carbocycles. The van der Waals surface area contributed by atoms with E-state index in [0.717, 1.165) is 24.3 Å². The molecule has 2 rings (SSSR count). The molecule has 0 fully saturated rings. The zero-order chi connectivity index (χ0) is 20.2. The van der Waals surface area contributed by atoms with Crippen LogP contribution in [0.3, 0.4) is 0 Å². The van der Waals surface area contributed by atoms with E-state index < -0.39 is 40.7 Å². The second-order valence-corrected chi connectivity index (χ2v) is 5.42. The minimum absolute atomic E-state index is 0.126. The number of carbonyl (C=O) groups is 2. The first-order valence-corrected chi connectivity index (χ1v) is 7.48. The molecule has 7 nitrogen and oxygen atoms in total. The van der Waals surface area contributed by atoms with Gasteiger partial charge in [0.15, 0.2) is 6.61 Å². The third-order valence-corrected chi connectivity index (χ3v) is 3.49. The number of nitro benzene ring substituents is 1. The monoisotopic (exact) mass is 382 g/mol. The van der Waals surface area contributed by atoms with Gasteiger partial charge < -0.3 is 10.1 Å². The number of benzene rings is 2. The lowest BCUT2D eigenvalue weighted by Crippen LogP contribution is -2.22. The molecule has 0 radical (unpaired) electrons. The Kier molecular flexibility index (Phi) is 5.78. The maximum absolute atomic E-state index is 12.9. The zero-order valence-corrected chi connectivity index (χ0v) is 13.9. The highest BCUT2D eigenvalue weighted by atomic mass is 19.4. The summed E-state index contributed by atoms with van der Waals surface area (Å²) in [7, 11) is 0. The van der Waals surface area contributed by atoms with Gasteiger partial charge >= 0.3 is 12.1 Å². The van der Waals surface area contributed by atoms with Gasteiger partial charge in [-0.1, -0.05) is 18.2 Å². The van der Waals surface area contributed by atoms with Crippen molar-refractivity contribution in [2.75, 3.05) is 11.9 Å². The zero-order valence-electron chi connectivity index (χ0n) is 13.9. The minimum Gasteiger partial charge on any atom is -0.452 e. The maximum Gasteiger partial charge on any atom is 0.417 e. The molecule has 2 aromatic rings. The van der Waals surface area contributed by atoms with Crippen molar-refractivity contribution in [1.29, 1.82) is 0 Å². The van der Waals surface area contributed by atoms with Crippen molar-refractivity contribution in [3.8, 4) is 0 Å². The van der Waals surface area contributed by atoms with Gasteiger partial charge in [0, 0.05) is 12.1 Å². The maximum atomic E-state index is 12.9. The number of halogens is 3. The summed E-state index contributed by atoms with van der Waals surface area (Å²) >= 11 is 0. The normalized spacial score (nSPS) is 11.0. The Balaban J connectivity index is 2.06. The van der Waals surface area contributed by atoms with Gasteiger partial charge in [-0.15, -0.1) is 0 Å². The topological polar surface area (TPSA) is 98.5 Å². The quantitative estimate of drug-likeness (QED) is 0.483. The van der Waals surface area contributed by atoms with Gasteiger partial charge in [0.25, 0.3) is 11.6 Å².